The van der Waals surface area contributed by atoms with Gasteiger partial charge in [0, 0.05) is 50.9 Å². The fourth-order valence-electron chi connectivity index (χ4n) is 4.67. The van der Waals surface area contributed by atoms with Crippen LogP contribution in [-0.2, 0) is 11.3 Å². The molecule has 1 aromatic heterocycles. The summed E-state index contributed by atoms with van der Waals surface area (Å²) >= 11 is 0. The molecule has 26 heavy (non-hydrogen) atoms. The highest BCUT2D eigenvalue weighted by atomic mass is 19.1. The zero-order chi connectivity index (χ0) is 18.1. The molecule has 0 bridgehead atoms. The van der Waals surface area contributed by atoms with Gasteiger partial charge < -0.3 is 4.90 Å². The van der Waals surface area contributed by atoms with E-state index >= 15 is 0 Å². The van der Waals surface area contributed by atoms with Crippen LogP contribution in [0, 0.1) is 5.82 Å². The molecule has 2 aromatic rings. The number of likely N-dealkylation sites (tertiary alicyclic amines) is 2. The number of piperidine rings is 1. The summed E-state index contributed by atoms with van der Waals surface area (Å²) in [4.78, 5) is 21.0. The van der Waals surface area contributed by atoms with Crippen molar-refractivity contribution >= 4 is 5.91 Å². The third-order valence-electron chi connectivity index (χ3n) is 5.78. The average Bonchev–Trinajstić information content (AvgIpc) is 3.02. The van der Waals surface area contributed by atoms with Crippen LogP contribution in [0.2, 0.25) is 0 Å². The highest BCUT2D eigenvalue weighted by Crippen LogP contribution is 2.40. The third-order valence-corrected chi connectivity index (χ3v) is 5.78. The highest BCUT2D eigenvalue weighted by molar-refractivity contribution is 5.74. The fourth-order valence-corrected chi connectivity index (χ4v) is 4.67. The molecule has 4 nitrogen and oxygen atoms in total. The molecule has 1 aromatic carbocycles. The van der Waals surface area contributed by atoms with E-state index in [2.05, 4.69) is 16.0 Å². The van der Waals surface area contributed by atoms with Crippen molar-refractivity contribution in [1.29, 1.82) is 0 Å². The van der Waals surface area contributed by atoms with Gasteiger partial charge in [-0.15, -0.1) is 0 Å². The molecule has 2 fully saturated rings. The van der Waals surface area contributed by atoms with Crippen molar-refractivity contribution < 1.29 is 9.18 Å². The van der Waals surface area contributed by atoms with E-state index in [0.29, 0.717) is 6.04 Å². The van der Waals surface area contributed by atoms with Crippen molar-refractivity contribution in [3.8, 4) is 0 Å². The molecule has 0 radical (unpaired) electrons. The predicted molar refractivity (Wildman–Crippen MR) is 98.0 cm³/mol. The van der Waals surface area contributed by atoms with E-state index in [1.54, 1.807) is 13.1 Å². The highest BCUT2D eigenvalue weighted by Gasteiger charge is 2.47. The molecule has 5 heteroatoms. The van der Waals surface area contributed by atoms with Gasteiger partial charge in [0.15, 0.2) is 0 Å². The lowest BCUT2D eigenvalue weighted by atomic mass is 9.86. The number of amides is 1. The van der Waals surface area contributed by atoms with Crippen LogP contribution in [0.1, 0.15) is 36.8 Å². The Morgan fingerprint density at radius 3 is 2.77 bits per heavy atom. The van der Waals surface area contributed by atoms with E-state index in [-0.39, 0.29) is 23.7 Å². The Labute approximate surface area is 153 Å². The average molecular weight is 353 g/mol. The number of rotatable bonds is 3. The van der Waals surface area contributed by atoms with E-state index in [9.17, 15) is 9.18 Å². The van der Waals surface area contributed by atoms with Gasteiger partial charge in [-0.2, -0.15) is 0 Å². The minimum absolute atomic E-state index is 0.134. The standard InChI is InChI=1S/C21H24FN3O/c1-15(26)25-11-3-5-20-21(25)19(17-6-8-18(22)9-7-17)14-24(20)13-16-4-2-10-23-12-16/h2,4,6-10,12,19-21H,3,5,11,13-14H2,1H3/t19-,20-,21-/m1/s1. The lowest BCUT2D eigenvalue weighted by Gasteiger charge is -2.41. The fraction of sp³-hybridized carbons (Fsp3) is 0.429. The Bertz CT molecular complexity index is 765. The number of benzene rings is 1. The van der Waals surface area contributed by atoms with Crippen LogP contribution < -0.4 is 0 Å². The second-order valence-electron chi connectivity index (χ2n) is 7.36. The van der Waals surface area contributed by atoms with Crippen LogP contribution in [0.5, 0.6) is 0 Å². The normalized spacial score (nSPS) is 25.9. The maximum Gasteiger partial charge on any atom is 0.219 e. The Kier molecular flexibility index (Phi) is 4.72. The van der Waals surface area contributed by atoms with E-state index in [4.69, 9.17) is 0 Å². The van der Waals surface area contributed by atoms with Crippen molar-refractivity contribution in [3.63, 3.8) is 0 Å². The van der Waals surface area contributed by atoms with E-state index in [0.717, 1.165) is 38.0 Å². The van der Waals surface area contributed by atoms with Crippen LogP contribution in [0.15, 0.2) is 48.8 Å². The van der Waals surface area contributed by atoms with Crippen LogP contribution in [-0.4, -0.2) is 45.9 Å². The van der Waals surface area contributed by atoms with Crippen molar-refractivity contribution in [2.24, 2.45) is 0 Å². The summed E-state index contributed by atoms with van der Waals surface area (Å²) < 4.78 is 13.4. The first-order chi connectivity index (χ1) is 12.6. The number of hydrogen-bond donors (Lipinski definition) is 0. The van der Waals surface area contributed by atoms with Gasteiger partial charge in [0.05, 0.1) is 6.04 Å². The molecule has 2 aliphatic rings. The van der Waals surface area contributed by atoms with Gasteiger partial charge >= 0.3 is 0 Å². The number of fused-ring (bicyclic) bond motifs is 1. The third kappa shape index (κ3) is 3.23. The van der Waals surface area contributed by atoms with Gasteiger partial charge in [-0.3, -0.25) is 14.7 Å². The van der Waals surface area contributed by atoms with Crippen LogP contribution in [0.4, 0.5) is 4.39 Å². The second kappa shape index (κ2) is 7.16. The minimum Gasteiger partial charge on any atom is -0.338 e. The molecule has 0 aliphatic carbocycles. The smallest absolute Gasteiger partial charge is 0.219 e. The summed E-state index contributed by atoms with van der Waals surface area (Å²) in [5.74, 6) is 0.124. The Morgan fingerprint density at radius 2 is 2.08 bits per heavy atom. The maximum atomic E-state index is 13.4. The molecule has 0 N–H and O–H groups in total. The van der Waals surface area contributed by atoms with Gasteiger partial charge in [0.1, 0.15) is 5.82 Å². The van der Waals surface area contributed by atoms with Crippen molar-refractivity contribution in [1.82, 2.24) is 14.8 Å². The van der Waals surface area contributed by atoms with E-state index < -0.39 is 0 Å². The van der Waals surface area contributed by atoms with Crippen LogP contribution >= 0.6 is 0 Å². The first-order valence-electron chi connectivity index (χ1n) is 9.29. The zero-order valence-electron chi connectivity index (χ0n) is 15.0. The minimum atomic E-state index is -0.220. The van der Waals surface area contributed by atoms with Crippen molar-refractivity contribution in [2.75, 3.05) is 13.1 Å². The Hall–Kier alpha value is -2.27. The number of aromatic nitrogens is 1. The molecule has 0 unspecified atom stereocenters. The van der Waals surface area contributed by atoms with Gasteiger partial charge in [0.2, 0.25) is 5.91 Å². The Balaban J connectivity index is 1.66. The molecule has 0 spiro atoms. The monoisotopic (exact) mass is 353 g/mol. The molecule has 0 saturated carbocycles. The first-order valence-corrected chi connectivity index (χ1v) is 9.29. The van der Waals surface area contributed by atoms with Crippen LogP contribution in [0.3, 0.4) is 0 Å². The number of pyridine rings is 1. The Morgan fingerprint density at radius 1 is 1.27 bits per heavy atom. The van der Waals surface area contributed by atoms with Crippen molar-refractivity contribution in [2.45, 2.75) is 44.3 Å². The predicted octanol–water partition coefficient (Wildman–Crippen LogP) is 3.20. The van der Waals surface area contributed by atoms with Gasteiger partial charge in [0.25, 0.3) is 0 Å². The second-order valence-corrected chi connectivity index (χ2v) is 7.36. The molecule has 2 aliphatic heterocycles. The number of nitrogens with zero attached hydrogens (tertiary/aromatic N) is 3. The van der Waals surface area contributed by atoms with Gasteiger partial charge in [-0.25, -0.2) is 4.39 Å². The molecule has 3 atom stereocenters. The summed E-state index contributed by atoms with van der Waals surface area (Å²) in [7, 11) is 0. The molecule has 3 heterocycles. The molecule has 136 valence electrons. The summed E-state index contributed by atoms with van der Waals surface area (Å²) in [6, 6.07) is 11.3. The summed E-state index contributed by atoms with van der Waals surface area (Å²) in [6.07, 6.45) is 5.81. The number of carbonyl (C=O) groups is 1. The maximum absolute atomic E-state index is 13.4. The molecule has 2 saturated heterocycles. The molecule has 4 rings (SSSR count). The first kappa shape index (κ1) is 17.2. The quantitative estimate of drug-likeness (QED) is 0.850. The van der Waals surface area contributed by atoms with E-state index in [1.807, 2.05) is 29.3 Å². The van der Waals surface area contributed by atoms with Gasteiger partial charge in [-0.05, 0) is 42.2 Å². The molecular formula is C21H24FN3O. The molecular weight excluding hydrogens is 329 g/mol. The van der Waals surface area contributed by atoms with E-state index in [1.165, 1.54) is 17.7 Å². The van der Waals surface area contributed by atoms with Gasteiger partial charge in [-0.1, -0.05) is 18.2 Å². The largest absolute Gasteiger partial charge is 0.338 e. The molecule has 1 amide bonds. The summed E-state index contributed by atoms with van der Waals surface area (Å²) in [6.45, 7) is 4.18. The topological polar surface area (TPSA) is 36.4 Å². The summed E-state index contributed by atoms with van der Waals surface area (Å²) in [5.41, 5.74) is 2.30. The SMILES string of the molecule is CC(=O)N1CCC[C@@H]2[C@H]1[C@@H](c1ccc(F)cc1)CN2Cc1cccnc1. The number of hydrogen-bond acceptors (Lipinski definition) is 3. The van der Waals surface area contributed by atoms with Crippen molar-refractivity contribution in [3.05, 3.63) is 65.7 Å². The van der Waals surface area contributed by atoms with Crippen LogP contribution in [0.25, 0.3) is 0 Å². The number of halogens is 1. The lowest BCUT2D eigenvalue weighted by Crippen LogP contribution is -2.52. The summed E-state index contributed by atoms with van der Waals surface area (Å²) in [5, 5.41) is 0. The zero-order valence-corrected chi connectivity index (χ0v) is 15.0. The number of carbonyl (C=O) groups excluding carboxylic acids is 1. The lowest BCUT2D eigenvalue weighted by molar-refractivity contribution is -0.133.